The van der Waals surface area contributed by atoms with Crippen LogP contribution >= 0.6 is 0 Å². The van der Waals surface area contributed by atoms with E-state index >= 15 is 0 Å². The van der Waals surface area contributed by atoms with Crippen LogP contribution in [0.25, 0.3) is 10.9 Å². The first-order valence-corrected chi connectivity index (χ1v) is 10.0. The minimum Gasteiger partial charge on any atom is -0.315 e. The molecule has 148 valence electrons. The average molecular weight is 395 g/mol. The summed E-state index contributed by atoms with van der Waals surface area (Å²) in [7, 11) is 1.80. The van der Waals surface area contributed by atoms with Gasteiger partial charge >= 0.3 is 0 Å². The van der Waals surface area contributed by atoms with Gasteiger partial charge in [-0.1, -0.05) is 60.7 Å². The minimum absolute atomic E-state index is 0.0323. The van der Waals surface area contributed by atoms with E-state index in [2.05, 4.69) is 0 Å². The number of benzene rings is 3. The Hall–Kier alpha value is -3.73. The van der Waals surface area contributed by atoms with Crippen LogP contribution in [-0.4, -0.2) is 22.5 Å². The van der Waals surface area contributed by atoms with Crippen molar-refractivity contribution in [3.8, 4) is 0 Å². The smallest absolute Gasteiger partial charge is 0.261 e. The van der Waals surface area contributed by atoms with Crippen LogP contribution < -0.4 is 10.5 Å². The van der Waals surface area contributed by atoms with Crippen molar-refractivity contribution in [2.75, 3.05) is 11.9 Å². The van der Waals surface area contributed by atoms with Gasteiger partial charge in [0.1, 0.15) is 5.82 Å². The molecule has 30 heavy (non-hydrogen) atoms. The lowest BCUT2D eigenvalue weighted by atomic mass is 9.96. The molecule has 0 radical (unpaired) electrons. The molecule has 0 N–H and O–H groups in total. The summed E-state index contributed by atoms with van der Waals surface area (Å²) in [6.07, 6.45) is 0.382. The van der Waals surface area contributed by atoms with Crippen molar-refractivity contribution in [3.05, 3.63) is 106 Å². The molecule has 0 spiro atoms. The number of aromatic nitrogens is 2. The number of amides is 1. The standard InChI is InChI=1S/C25H21N3O2/c1-27-22-14-8-6-11-18(22)20(24(27)29)15-23-26-21-13-7-5-12-19(21)25(30)28(23)16-17-9-3-2-4-10-17/h2-14,20H,15-16H2,1H3/t20-/m0/s1. The molecule has 1 aromatic heterocycles. The molecule has 1 aliphatic heterocycles. The van der Waals surface area contributed by atoms with E-state index in [-0.39, 0.29) is 17.4 Å². The fourth-order valence-electron chi connectivity index (χ4n) is 4.25. The van der Waals surface area contributed by atoms with E-state index in [4.69, 9.17) is 4.98 Å². The molecule has 5 nitrogen and oxygen atoms in total. The zero-order valence-electron chi connectivity index (χ0n) is 16.7. The van der Waals surface area contributed by atoms with Gasteiger partial charge in [-0.3, -0.25) is 14.2 Å². The van der Waals surface area contributed by atoms with Gasteiger partial charge in [0.2, 0.25) is 5.91 Å². The number of hydrogen-bond acceptors (Lipinski definition) is 3. The van der Waals surface area contributed by atoms with Gasteiger partial charge in [-0.05, 0) is 29.3 Å². The third-order valence-corrected chi connectivity index (χ3v) is 5.81. The number of likely N-dealkylation sites (N-methyl/N-ethyl adjacent to an activating group) is 1. The molecule has 0 unspecified atom stereocenters. The van der Waals surface area contributed by atoms with Crippen molar-refractivity contribution in [2.24, 2.45) is 0 Å². The molecule has 1 amide bonds. The predicted octanol–water partition coefficient (Wildman–Crippen LogP) is 3.75. The van der Waals surface area contributed by atoms with Crippen LogP contribution in [0.3, 0.4) is 0 Å². The van der Waals surface area contributed by atoms with Crippen molar-refractivity contribution in [1.82, 2.24) is 9.55 Å². The lowest BCUT2D eigenvalue weighted by Gasteiger charge is -2.17. The highest BCUT2D eigenvalue weighted by atomic mass is 16.2. The van der Waals surface area contributed by atoms with Gasteiger partial charge < -0.3 is 4.90 Å². The topological polar surface area (TPSA) is 55.2 Å². The Kier molecular flexibility index (Phi) is 4.43. The van der Waals surface area contributed by atoms with Crippen LogP contribution in [0.2, 0.25) is 0 Å². The van der Waals surface area contributed by atoms with E-state index in [1.807, 2.05) is 72.8 Å². The maximum absolute atomic E-state index is 13.3. The molecule has 5 heteroatoms. The predicted molar refractivity (Wildman–Crippen MR) is 118 cm³/mol. The highest BCUT2D eigenvalue weighted by Gasteiger charge is 2.35. The van der Waals surface area contributed by atoms with E-state index in [9.17, 15) is 9.59 Å². The second kappa shape index (κ2) is 7.26. The Bertz CT molecular complexity index is 1310. The van der Waals surface area contributed by atoms with E-state index < -0.39 is 0 Å². The first kappa shape index (κ1) is 18.3. The Morgan fingerprint density at radius 2 is 1.57 bits per heavy atom. The SMILES string of the molecule is CN1C(=O)[C@@H](Cc2nc3ccccc3c(=O)n2Cc2ccccc2)c2ccccc21. The average Bonchev–Trinajstić information content (AvgIpc) is 3.02. The minimum atomic E-state index is -0.346. The zero-order chi connectivity index (χ0) is 20.7. The number of carbonyl (C=O) groups excluding carboxylic acids is 1. The summed E-state index contributed by atoms with van der Waals surface area (Å²) < 4.78 is 1.71. The second-order valence-electron chi connectivity index (χ2n) is 7.63. The van der Waals surface area contributed by atoms with E-state index in [1.54, 1.807) is 22.6 Å². The molecule has 0 fully saturated rings. The number of nitrogens with zero attached hydrogens (tertiary/aromatic N) is 3. The van der Waals surface area contributed by atoms with Crippen molar-refractivity contribution in [3.63, 3.8) is 0 Å². The van der Waals surface area contributed by atoms with Crippen molar-refractivity contribution in [2.45, 2.75) is 18.9 Å². The van der Waals surface area contributed by atoms with Crippen LogP contribution in [0.4, 0.5) is 5.69 Å². The highest BCUT2D eigenvalue weighted by molar-refractivity contribution is 6.04. The molecule has 0 saturated carbocycles. The van der Waals surface area contributed by atoms with Gasteiger partial charge in [0, 0.05) is 19.2 Å². The van der Waals surface area contributed by atoms with Crippen molar-refractivity contribution < 1.29 is 4.79 Å². The third kappa shape index (κ3) is 2.99. The summed E-state index contributed by atoms with van der Waals surface area (Å²) in [5.41, 5.74) is 3.51. The van der Waals surface area contributed by atoms with Gasteiger partial charge in [-0.2, -0.15) is 0 Å². The quantitative estimate of drug-likeness (QED) is 0.529. The van der Waals surface area contributed by atoms with E-state index in [1.165, 1.54) is 0 Å². The lowest BCUT2D eigenvalue weighted by molar-refractivity contribution is -0.119. The molecule has 5 rings (SSSR count). The Balaban J connectivity index is 1.64. The largest absolute Gasteiger partial charge is 0.315 e. The van der Waals surface area contributed by atoms with Gasteiger partial charge in [0.15, 0.2) is 0 Å². The Morgan fingerprint density at radius 1 is 0.867 bits per heavy atom. The first-order valence-electron chi connectivity index (χ1n) is 10.0. The number of anilines is 1. The molecule has 3 aromatic carbocycles. The van der Waals surface area contributed by atoms with Crippen LogP contribution in [0.15, 0.2) is 83.7 Å². The van der Waals surface area contributed by atoms with Crippen LogP contribution in [-0.2, 0) is 17.8 Å². The zero-order valence-corrected chi connectivity index (χ0v) is 16.7. The summed E-state index contributed by atoms with van der Waals surface area (Å²) in [6, 6.07) is 25.1. The number of rotatable bonds is 4. The maximum atomic E-state index is 13.3. The van der Waals surface area contributed by atoms with Crippen LogP contribution in [0, 0.1) is 0 Å². The molecule has 0 saturated heterocycles. The monoisotopic (exact) mass is 395 g/mol. The van der Waals surface area contributed by atoms with Gasteiger partial charge in [-0.15, -0.1) is 0 Å². The number of hydrogen-bond donors (Lipinski definition) is 0. The number of carbonyl (C=O) groups is 1. The maximum Gasteiger partial charge on any atom is 0.261 e. The third-order valence-electron chi connectivity index (χ3n) is 5.81. The van der Waals surface area contributed by atoms with Gasteiger partial charge in [0.25, 0.3) is 5.56 Å². The van der Waals surface area contributed by atoms with Crippen LogP contribution in [0.1, 0.15) is 22.9 Å². The van der Waals surface area contributed by atoms with Crippen molar-refractivity contribution in [1.29, 1.82) is 0 Å². The molecule has 0 aliphatic carbocycles. The summed E-state index contributed by atoms with van der Waals surface area (Å²) in [4.78, 5) is 32.9. The van der Waals surface area contributed by atoms with Gasteiger partial charge in [-0.25, -0.2) is 4.98 Å². The molecule has 1 atom stereocenters. The first-order chi connectivity index (χ1) is 14.6. The molecular weight excluding hydrogens is 374 g/mol. The fourth-order valence-corrected chi connectivity index (χ4v) is 4.25. The van der Waals surface area contributed by atoms with E-state index in [0.717, 1.165) is 16.8 Å². The summed E-state index contributed by atoms with van der Waals surface area (Å²) in [6.45, 7) is 0.422. The molecule has 4 aromatic rings. The second-order valence-corrected chi connectivity index (χ2v) is 7.63. The summed E-state index contributed by atoms with van der Waals surface area (Å²) in [5, 5.41) is 0.590. The lowest BCUT2D eigenvalue weighted by Crippen LogP contribution is -2.30. The number of para-hydroxylation sites is 2. The molecule has 1 aliphatic rings. The van der Waals surface area contributed by atoms with Crippen LogP contribution in [0.5, 0.6) is 0 Å². The Labute approximate surface area is 174 Å². The highest BCUT2D eigenvalue weighted by Crippen LogP contribution is 2.37. The Morgan fingerprint density at radius 3 is 2.40 bits per heavy atom. The van der Waals surface area contributed by atoms with Crippen molar-refractivity contribution >= 4 is 22.5 Å². The normalized spacial score (nSPS) is 15.6. The summed E-state index contributed by atoms with van der Waals surface area (Å²) >= 11 is 0. The molecular formula is C25H21N3O2. The molecule has 2 heterocycles. The molecule has 0 bridgehead atoms. The fraction of sp³-hybridized carbons (Fsp3) is 0.160. The summed E-state index contributed by atoms with van der Waals surface area (Å²) in [5.74, 6) is 0.317. The van der Waals surface area contributed by atoms with E-state index in [0.29, 0.717) is 29.7 Å². The van der Waals surface area contributed by atoms with Gasteiger partial charge in [0.05, 0.1) is 23.4 Å². The number of fused-ring (bicyclic) bond motifs is 2.